The second-order valence-corrected chi connectivity index (χ2v) is 8.17. The molecule has 2 aromatic carbocycles. The standard InChI is InChI=1S/C24H25FN2O3S/c1-29-22-14-17(9-12-21(22)30-15-16-7-10-18(25)11-8-16)13-20-23(28)27(24(31)26-20)19-5-3-2-4-6-19/h7-14,19H,2-6,15H2,1H3,(H,26,31). The molecule has 1 amide bonds. The number of carbonyl (C=O) groups excluding carboxylic acids is 1. The van der Waals surface area contributed by atoms with Gasteiger partial charge in [-0.25, -0.2) is 4.39 Å². The molecule has 0 atom stereocenters. The van der Waals surface area contributed by atoms with Gasteiger partial charge in [0.05, 0.1) is 7.11 Å². The van der Waals surface area contributed by atoms with Crippen LogP contribution in [-0.2, 0) is 11.4 Å². The Kier molecular flexibility index (Phi) is 6.51. The number of amides is 1. The maximum Gasteiger partial charge on any atom is 0.276 e. The molecule has 2 fully saturated rings. The van der Waals surface area contributed by atoms with Crippen LogP contribution in [-0.4, -0.2) is 29.1 Å². The van der Waals surface area contributed by atoms with E-state index in [4.69, 9.17) is 21.7 Å². The minimum Gasteiger partial charge on any atom is -0.493 e. The van der Waals surface area contributed by atoms with Crippen molar-refractivity contribution in [2.45, 2.75) is 44.8 Å². The number of nitrogens with one attached hydrogen (secondary N) is 1. The van der Waals surface area contributed by atoms with Crippen LogP contribution in [0.25, 0.3) is 6.08 Å². The van der Waals surface area contributed by atoms with Crippen molar-refractivity contribution in [2.24, 2.45) is 0 Å². The molecular formula is C24H25FN2O3S. The van der Waals surface area contributed by atoms with E-state index in [1.165, 1.54) is 18.6 Å². The minimum absolute atomic E-state index is 0.0764. The molecule has 4 rings (SSSR count). The van der Waals surface area contributed by atoms with Crippen molar-refractivity contribution in [3.8, 4) is 11.5 Å². The highest BCUT2D eigenvalue weighted by atomic mass is 32.1. The molecule has 0 unspecified atom stereocenters. The van der Waals surface area contributed by atoms with E-state index in [1.807, 2.05) is 12.1 Å². The summed E-state index contributed by atoms with van der Waals surface area (Å²) in [6, 6.07) is 11.8. The van der Waals surface area contributed by atoms with Crippen molar-refractivity contribution < 1.29 is 18.7 Å². The molecular weight excluding hydrogens is 415 g/mol. The quantitative estimate of drug-likeness (QED) is 0.516. The van der Waals surface area contributed by atoms with Crippen molar-refractivity contribution in [1.82, 2.24) is 10.2 Å². The molecule has 0 spiro atoms. The molecule has 2 aliphatic rings. The minimum atomic E-state index is -0.282. The second-order valence-electron chi connectivity index (χ2n) is 7.78. The molecule has 2 aromatic rings. The number of benzene rings is 2. The number of nitrogens with zero attached hydrogens (tertiary/aromatic N) is 1. The predicted octanol–water partition coefficient (Wildman–Crippen LogP) is 4.80. The number of rotatable bonds is 6. The smallest absolute Gasteiger partial charge is 0.276 e. The fraction of sp³-hybridized carbons (Fsp3) is 0.333. The van der Waals surface area contributed by atoms with E-state index in [-0.39, 0.29) is 17.8 Å². The van der Waals surface area contributed by atoms with Gasteiger partial charge in [0.2, 0.25) is 0 Å². The molecule has 162 valence electrons. The van der Waals surface area contributed by atoms with Gasteiger partial charge in [-0.05, 0) is 66.5 Å². The van der Waals surface area contributed by atoms with Crippen LogP contribution in [0.4, 0.5) is 4.39 Å². The Labute approximate surface area is 186 Å². The van der Waals surface area contributed by atoms with E-state index in [9.17, 15) is 9.18 Å². The van der Waals surface area contributed by atoms with Gasteiger partial charge in [0, 0.05) is 6.04 Å². The molecule has 0 bridgehead atoms. The molecule has 1 saturated heterocycles. The highest BCUT2D eigenvalue weighted by Gasteiger charge is 2.36. The Morgan fingerprint density at radius 2 is 1.87 bits per heavy atom. The van der Waals surface area contributed by atoms with Gasteiger partial charge in [-0.1, -0.05) is 37.5 Å². The van der Waals surface area contributed by atoms with E-state index >= 15 is 0 Å². The van der Waals surface area contributed by atoms with E-state index in [0.717, 1.165) is 36.8 Å². The molecule has 1 heterocycles. The number of ether oxygens (including phenoxy) is 2. The molecule has 5 nitrogen and oxygen atoms in total. The summed E-state index contributed by atoms with van der Waals surface area (Å²) in [5.41, 5.74) is 2.12. The van der Waals surface area contributed by atoms with Crippen LogP contribution in [0.2, 0.25) is 0 Å². The molecule has 1 aliphatic heterocycles. The zero-order valence-electron chi connectivity index (χ0n) is 17.4. The lowest BCUT2D eigenvalue weighted by molar-refractivity contribution is -0.124. The molecule has 7 heteroatoms. The lowest BCUT2D eigenvalue weighted by atomic mass is 9.94. The van der Waals surface area contributed by atoms with E-state index < -0.39 is 0 Å². The number of methoxy groups -OCH3 is 1. The summed E-state index contributed by atoms with van der Waals surface area (Å²) < 4.78 is 24.4. The van der Waals surface area contributed by atoms with Gasteiger partial charge in [0.15, 0.2) is 16.6 Å². The first-order valence-electron chi connectivity index (χ1n) is 10.5. The molecule has 0 radical (unpaired) electrons. The normalized spacial score (nSPS) is 18.4. The first-order chi connectivity index (χ1) is 15.0. The third-order valence-electron chi connectivity index (χ3n) is 5.66. The Balaban J connectivity index is 1.48. The van der Waals surface area contributed by atoms with Gasteiger partial charge < -0.3 is 14.8 Å². The number of thiocarbonyl (C=S) groups is 1. The fourth-order valence-corrected chi connectivity index (χ4v) is 4.36. The lowest BCUT2D eigenvalue weighted by Gasteiger charge is -2.29. The summed E-state index contributed by atoms with van der Waals surface area (Å²) >= 11 is 5.44. The zero-order valence-corrected chi connectivity index (χ0v) is 18.2. The number of hydrogen-bond acceptors (Lipinski definition) is 4. The van der Waals surface area contributed by atoms with Crippen molar-refractivity contribution in [1.29, 1.82) is 0 Å². The summed E-state index contributed by atoms with van der Waals surface area (Å²) in [7, 11) is 1.57. The Bertz CT molecular complexity index is 1000. The van der Waals surface area contributed by atoms with Crippen LogP contribution in [0.5, 0.6) is 11.5 Å². The van der Waals surface area contributed by atoms with Crippen LogP contribution < -0.4 is 14.8 Å². The summed E-state index contributed by atoms with van der Waals surface area (Å²) in [6.45, 7) is 0.293. The first-order valence-corrected chi connectivity index (χ1v) is 10.9. The summed E-state index contributed by atoms with van der Waals surface area (Å²) in [6.07, 6.45) is 7.25. The Hall–Kier alpha value is -2.93. The van der Waals surface area contributed by atoms with Crippen molar-refractivity contribution in [2.75, 3.05) is 7.11 Å². The number of halogens is 1. The average Bonchev–Trinajstić information content (AvgIpc) is 3.07. The topological polar surface area (TPSA) is 50.8 Å². The van der Waals surface area contributed by atoms with Crippen molar-refractivity contribution in [3.63, 3.8) is 0 Å². The molecule has 1 N–H and O–H groups in total. The van der Waals surface area contributed by atoms with Crippen LogP contribution in [0, 0.1) is 5.82 Å². The van der Waals surface area contributed by atoms with Crippen LogP contribution >= 0.6 is 12.2 Å². The summed E-state index contributed by atoms with van der Waals surface area (Å²) in [4.78, 5) is 14.7. The Morgan fingerprint density at radius 3 is 2.58 bits per heavy atom. The second kappa shape index (κ2) is 9.47. The maximum absolute atomic E-state index is 13.1. The average molecular weight is 441 g/mol. The van der Waals surface area contributed by atoms with Gasteiger partial charge in [0.1, 0.15) is 18.1 Å². The highest BCUT2D eigenvalue weighted by Crippen LogP contribution is 2.31. The van der Waals surface area contributed by atoms with Crippen molar-refractivity contribution >= 4 is 29.3 Å². The monoisotopic (exact) mass is 440 g/mol. The molecule has 1 saturated carbocycles. The van der Waals surface area contributed by atoms with E-state index in [2.05, 4.69) is 5.32 Å². The third kappa shape index (κ3) is 4.88. The van der Waals surface area contributed by atoms with Gasteiger partial charge >= 0.3 is 0 Å². The third-order valence-corrected chi connectivity index (χ3v) is 5.95. The maximum atomic E-state index is 13.1. The van der Waals surface area contributed by atoms with Gasteiger partial charge in [0.25, 0.3) is 5.91 Å². The van der Waals surface area contributed by atoms with Gasteiger partial charge in [-0.15, -0.1) is 0 Å². The zero-order chi connectivity index (χ0) is 21.8. The molecule has 0 aromatic heterocycles. The molecule has 1 aliphatic carbocycles. The predicted molar refractivity (Wildman–Crippen MR) is 121 cm³/mol. The first kappa shape index (κ1) is 21.3. The summed E-state index contributed by atoms with van der Waals surface area (Å²) in [5.74, 6) is 0.760. The van der Waals surface area contributed by atoms with Gasteiger partial charge in [-0.3, -0.25) is 9.69 Å². The van der Waals surface area contributed by atoms with E-state index in [0.29, 0.717) is 28.9 Å². The highest BCUT2D eigenvalue weighted by molar-refractivity contribution is 7.80. The Morgan fingerprint density at radius 1 is 1.13 bits per heavy atom. The van der Waals surface area contributed by atoms with E-state index in [1.54, 1.807) is 36.3 Å². The largest absolute Gasteiger partial charge is 0.493 e. The van der Waals surface area contributed by atoms with Gasteiger partial charge in [-0.2, -0.15) is 0 Å². The van der Waals surface area contributed by atoms with Crippen LogP contribution in [0.1, 0.15) is 43.2 Å². The molecule has 31 heavy (non-hydrogen) atoms. The number of hydrogen-bond donors (Lipinski definition) is 1. The lowest BCUT2D eigenvalue weighted by Crippen LogP contribution is -2.41. The SMILES string of the molecule is COc1cc(C=C2NC(=S)N(C3CCCCC3)C2=O)ccc1OCc1ccc(F)cc1. The fourth-order valence-electron chi connectivity index (χ4n) is 4.02. The van der Waals surface area contributed by atoms with Crippen LogP contribution in [0.3, 0.4) is 0 Å². The summed E-state index contributed by atoms with van der Waals surface area (Å²) in [5, 5.41) is 3.55. The van der Waals surface area contributed by atoms with Crippen LogP contribution in [0.15, 0.2) is 48.2 Å². The number of carbonyl (C=O) groups is 1. The van der Waals surface area contributed by atoms with Crippen molar-refractivity contribution in [3.05, 3.63) is 65.1 Å².